The Kier molecular flexibility index (Phi) is 4.54. The fourth-order valence-corrected chi connectivity index (χ4v) is 1.75. The summed E-state index contributed by atoms with van der Waals surface area (Å²) in [6.07, 6.45) is -4.68. The fourth-order valence-electron chi connectivity index (χ4n) is 1.48. The van der Waals surface area contributed by atoms with Crippen LogP contribution in [0.5, 0.6) is 11.5 Å². The molecule has 0 N–H and O–H groups in total. The molecule has 0 bridgehead atoms. The summed E-state index contributed by atoms with van der Waals surface area (Å²) in [5, 5.41) is 0. The summed E-state index contributed by atoms with van der Waals surface area (Å²) < 4.78 is 46.2. The number of rotatable bonds is 4. The molecule has 0 heterocycles. The first-order chi connectivity index (χ1) is 9.42. The zero-order chi connectivity index (χ0) is 14.6. The van der Waals surface area contributed by atoms with Crippen LogP contribution in [-0.2, 0) is 6.61 Å². The molecule has 0 fully saturated rings. The van der Waals surface area contributed by atoms with Gasteiger partial charge in [-0.25, -0.2) is 0 Å². The van der Waals surface area contributed by atoms with Crippen molar-refractivity contribution in [1.82, 2.24) is 0 Å². The van der Waals surface area contributed by atoms with Gasteiger partial charge in [-0.1, -0.05) is 28.1 Å². The number of alkyl halides is 3. The van der Waals surface area contributed by atoms with Crippen molar-refractivity contribution in [1.29, 1.82) is 0 Å². The van der Waals surface area contributed by atoms with E-state index in [0.29, 0.717) is 12.4 Å². The highest BCUT2D eigenvalue weighted by Crippen LogP contribution is 2.25. The molecule has 2 rings (SSSR count). The zero-order valence-electron chi connectivity index (χ0n) is 10.2. The van der Waals surface area contributed by atoms with Crippen LogP contribution >= 0.6 is 15.9 Å². The van der Waals surface area contributed by atoms with Gasteiger partial charge >= 0.3 is 6.36 Å². The molecular weight excluding hydrogens is 337 g/mol. The lowest BCUT2D eigenvalue weighted by Gasteiger charge is -2.10. The lowest BCUT2D eigenvalue weighted by Crippen LogP contribution is -2.16. The molecule has 20 heavy (non-hydrogen) atoms. The molecule has 0 aliphatic rings. The SMILES string of the molecule is FC(F)(F)Oc1ccc(OCc2ccc(Br)cc2)cc1. The summed E-state index contributed by atoms with van der Waals surface area (Å²) in [6, 6.07) is 12.9. The van der Waals surface area contributed by atoms with Gasteiger partial charge in [-0.05, 0) is 42.0 Å². The van der Waals surface area contributed by atoms with E-state index in [1.165, 1.54) is 24.3 Å². The van der Waals surface area contributed by atoms with Gasteiger partial charge < -0.3 is 9.47 Å². The van der Waals surface area contributed by atoms with Crippen molar-refractivity contribution in [3.05, 3.63) is 58.6 Å². The lowest BCUT2D eigenvalue weighted by molar-refractivity contribution is -0.274. The average molecular weight is 347 g/mol. The zero-order valence-corrected chi connectivity index (χ0v) is 11.7. The standard InChI is InChI=1S/C14H10BrF3O2/c15-11-3-1-10(2-4-11)9-19-12-5-7-13(8-6-12)20-14(16,17)18/h1-8H,9H2. The average Bonchev–Trinajstić information content (AvgIpc) is 2.38. The predicted octanol–water partition coefficient (Wildman–Crippen LogP) is 4.93. The van der Waals surface area contributed by atoms with Gasteiger partial charge in [-0.2, -0.15) is 0 Å². The molecule has 0 unspecified atom stereocenters. The third-order valence-corrected chi connectivity index (χ3v) is 2.90. The molecule has 106 valence electrons. The van der Waals surface area contributed by atoms with Crippen molar-refractivity contribution >= 4 is 15.9 Å². The second-order valence-electron chi connectivity index (χ2n) is 3.93. The highest BCUT2D eigenvalue weighted by Gasteiger charge is 2.30. The Morgan fingerprint density at radius 2 is 1.40 bits per heavy atom. The van der Waals surface area contributed by atoms with Crippen molar-refractivity contribution in [3.8, 4) is 11.5 Å². The van der Waals surface area contributed by atoms with Gasteiger partial charge in [-0.15, -0.1) is 13.2 Å². The molecule has 2 aromatic carbocycles. The minimum absolute atomic E-state index is 0.270. The van der Waals surface area contributed by atoms with Gasteiger partial charge in [-0.3, -0.25) is 0 Å². The Hall–Kier alpha value is -1.69. The van der Waals surface area contributed by atoms with Gasteiger partial charge in [0.15, 0.2) is 0 Å². The number of benzene rings is 2. The van der Waals surface area contributed by atoms with Crippen LogP contribution in [0.2, 0.25) is 0 Å². The summed E-state index contributed by atoms with van der Waals surface area (Å²) in [4.78, 5) is 0. The molecule has 2 nitrogen and oxygen atoms in total. The van der Waals surface area contributed by atoms with Crippen LogP contribution in [0.15, 0.2) is 53.0 Å². The third kappa shape index (κ3) is 4.77. The molecule has 2 aromatic rings. The molecule has 0 aliphatic heterocycles. The maximum absolute atomic E-state index is 12.0. The first-order valence-corrected chi connectivity index (χ1v) is 6.45. The molecule has 0 saturated carbocycles. The Morgan fingerprint density at radius 1 is 0.850 bits per heavy atom. The minimum atomic E-state index is -4.68. The third-order valence-electron chi connectivity index (χ3n) is 2.38. The van der Waals surface area contributed by atoms with Gasteiger partial charge in [0.1, 0.15) is 18.1 Å². The van der Waals surface area contributed by atoms with Crippen LogP contribution in [0.25, 0.3) is 0 Å². The van der Waals surface area contributed by atoms with E-state index in [0.717, 1.165) is 10.0 Å². The molecule has 0 radical (unpaired) electrons. The first kappa shape index (κ1) is 14.7. The summed E-state index contributed by atoms with van der Waals surface area (Å²) >= 11 is 3.33. The van der Waals surface area contributed by atoms with E-state index in [-0.39, 0.29) is 5.75 Å². The number of hydrogen-bond acceptors (Lipinski definition) is 2. The van der Waals surface area contributed by atoms with Gasteiger partial charge in [0.2, 0.25) is 0 Å². The van der Waals surface area contributed by atoms with E-state index in [9.17, 15) is 13.2 Å². The van der Waals surface area contributed by atoms with Crippen LogP contribution in [0.4, 0.5) is 13.2 Å². The minimum Gasteiger partial charge on any atom is -0.489 e. The Labute approximate surface area is 122 Å². The smallest absolute Gasteiger partial charge is 0.489 e. The van der Waals surface area contributed by atoms with Crippen molar-refractivity contribution in [2.45, 2.75) is 13.0 Å². The quantitative estimate of drug-likeness (QED) is 0.781. The Bertz CT molecular complexity index is 550. The second-order valence-corrected chi connectivity index (χ2v) is 4.85. The molecule has 0 aliphatic carbocycles. The van der Waals surface area contributed by atoms with Gasteiger partial charge in [0.05, 0.1) is 0 Å². The first-order valence-electron chi connectivity index (χ1n) is 5.65. The maximum atomic E-state index is 12.0. The molecule has 0 aromatic heterocycles. The van der Waals surface area contributed by atoms with E-state index >= 15 is 0 Å². The van der Waals surface area contributed by atoms with Crippen molar-refractivity contribution in [2.75, 3.05) is 0 Å². The summed E-state index contributed by atoms with van der Waals surface area (Å²) in [5.41, 5.74) is 0.962. The van der Waals surface area contributed by atoms with E-state index in [4.69, 9.17) is 4.74 Å². The molecule has 0 spiro atoms. The van der Waals surface area contributed by atoms with Crippen LogP contribution < -0.4 is 9.47 Å². The summed E-state index contributed by atoms with van der Waals surface area (Å²) in [7, 11) is 0. The molecule has 6 heteroatoms. The summed E-state index contributed by atoms with van der Waals surface area (Å²) in [6.45, 7) is 0.340. The van der Waals surface area contributed by atoms with Crippen LogP contribution in [-0.4, -0.2) is 6.36 Å². The molecule has 0 amide bonds. The summed E-state index contributed by atoms with van der Waals surface area (Å²) in [5.74, 6) is 0.205. The molecule has 0 atom stereocenters. The van der Waals surface area contributed by atoms with Crippen LogP contribution in [0.3, 0.4) is 0 Å². The maximum Gasteiger partial charge on any atom is 0.573 e. The largest absolute Gasteiger partial charge is 0.573 e. The molecule has 0 saturated heterocycles. The van der Waals surface area contributed by atoms with Crippen molar-refractivity contribution in [2.24, 2.45) is 0 Å². The van der Waals surface area contributed by atoms with E-state index in [2.05, 4.69) is 20.7 Å². The van der Waals surface area contributed by atoms with E-state index in [1.807, 2.05) is 24.3 Å². The topological polar surface area (TPSA) is 18.5 Å². The number of hydrogen-bond donors (Lipinski definition) is 0. The highest BCUT2D eigenvalue weighted by molar-refractivity contribution is 9.10. The molecular formula is C14H10BrF3O2. The highest BCUT2D eigenvalue weighted by atomic mass is 79.9. The number of halogens is 4. The number of ether oxygens (including phenoxy) is 2. The normalized spacial score (nSPS) is 11.2. The lowest BCUT2D eigenvalue weighted by atomic mass is 10.2. The Balaban J connectivity index is 1.92. The van der Waals surface area contributed by atoms with Gasteiger partial charge in [0, 0.05) is 4.47 Å². The van der Waals surface area contributed by atoms with Crippen LogP contribution in [0.1, 0.15) is 5.56 Å². The Morgan fingerprint density at radius 3 is 1.95 bits per heavy atom. The van der Waals surface area contributed by atoms with E-state index in [1.54, 1.807) is 0 Å². The monoisotopic (exact) mass is 346 g/mol. The van der Waals surface area contributed by atoms with Crippen molar-refractivity contribution < 1.29 is 22.6 Å². The fraction of sp³-hybridized carbons (Fsp3) is 0.143. The predicted molar refractivity (Wildman–Crippen MR) is 71.6 cm³/mol. The second kappa shape index (κ2) is 6.17. The van der Waals surface area contributed by atoms with Crippen LogP contribution in [0, 0.1) is 0 Å². The van der Waals surface area contributed by atoms with Gasteiger partial charge in [0.25, 0.3) is 0 Å². The van der Waals surface area contributed by atoms with E-state index < -0.39 is 6.36 Å². The van der Waals surface area contributed by atoms with Crippen molar-refractivity contribution in [3.63, 3.8) is 0 Å².